The summed E-state index contributed by atoms with van der Waals surface area (Å²) in [4.78, 5) is 11.3. The van der Waals surface area contributed by atoms with Gasteiger partial charge in [0, 0.05) is 0 Å². The van der Waals surface area contributed by atoms with Crippen LogP contribution in [0.15, 0.2) is 35.4 Å². The van der Waals surface area contributed by atoms with Crippen molar-refractivity contribution in [2.24, 2.45) is 5.73 Å². The number of carbonyl (C=O) groups excluding carboxylic acids is 1. The molecule has 9 heteroatoms. The van der Waals surface area contributed by atoms with Crippen LogP contribution < -0.4 is 14.6 Å². The number of H-pyrrole nitrogens is 1. The first-order chi connectivity index (χ1) is 9.35. The van der Waals surface area contributed by atoms with Crippen LogP contribution >= 0.6 is 11.8 Å². The van der Waals surface area contributed by atoms with E-state index in [0.29, 0.717) is 10.0 Å². The Kier molecular flexibility index (Phi) is 4.45. The molecule has 0 aliphatic rings. The van der Waals surface area contributed by atoms with E-state index in [9.17, 15) is 18.0 Å². The molecule has 3 N–H and O–H groups in total. The third kappa shape index (κ3) is 4.04. The first-order valence-electron chi connectivity index (χ1n) is 5.26. The number of aromatic nitrogens is 2. The summed E-state index contributed by atoms with van der Waals surface area (Å²) in [5, 5.41) is 6.44. The van der Waals surface area contributed by atoms with Crippen LogP contribution in [0, 0.1) is 0 Å². The zero-order chi connectivity index (χ0) is 14.8. The summed E-state index contributed by atoms with van der Waals surface area (Å²) >= 11 is -0.743. The molecule has 0 fully saturated rings. The van der Waals surface area contributed by atoms with Gasteiger partial charge in [-0.25, -0.2) is 0 Å². The first kappa shape index (κ1) is 15.0. The van der Waals surface area contributed by atoms with Gasteiger partial charge in [0.05, 0.1) is 0 Å². The molecule has 2 aromatic rings. The van der Waals surface area contributed by atoms with Gasteiger partial charge in [0.2, 0.25) is 0 Å². The summed E-state index contributed by atoms with van der Waals surface area (Å²) in [5.74, 6) is -0.576. The molecule has 1 heterocycles. The Balaban J connectivity index is 2.11. The molecular weight excluding hydrogens is 354 g/mol. The van der Waals surface area contributed by atoms with Gasteiger partial charge in [-0.3, -0.25) is 0 Å². The fourth-order valence-corrected chi connectivity index (χ4v) is 3.93. The van der Waals surface area contributed by atoms with Crippen LogP contribution in [0.3, 0.4) is 0 Å². The number of alkyl halides is 3. The summed E-state index contributed by atoms with van der Waals surface area (Å²) in [6, 6.07) is 6.03. The molecule has 2 rings (SSSR count). The van der Waals surface area contributed by atoms with E-state index in [1.54, 1.807) is 12.1 Å². The van der Waals surface area contributed by atoms with Crippen molar-refractivity contribution in [3.8, 4) is 0 Å². The van der Waals surface area contributed by atoms with Crippen LogP contribution in [0.4, 0.5) is 13.2 Å². The topological polar surface area (TPSA) is 71.8 Å². The Morgan fingerprint density at radius 2 is 1.95 bits per heavy atom. The van der Waals surface area contributed by atoms with E-state index < -0.39 is 27.2 Å². The fraction of sp³-hybridized carbons (Fsp3) is 0.0909. The predicted octanol–water partition coefficient (Wildman–Crippen LogP) is 0.776. The monoisotopic (exact) mass is 362 g/mol. The van der Waals surface area contributed by atoms with Gasteiger partial charge in [0.25, 0.3) is 0 Å². The van der Waals surface area contributed by atoms with Gasteiger partial charge in [-0.05, 0) is 0 Å². The van der Waals surface area contributed by atoms with Crippen molar-refractivity contribution in [1.29, 1.82) is 0 Å². The molecule has 0 saturated heterocycles. The number of rotatable bonds is 4. The van der Waals surface area contributed by atoms with Crippen LogP contribution in [0.25, 0.3) is 0 Å². The van der Waals surface area contributed by atoms with Gasteiger partial charge in [-0.1, -0.05) is 0 Å². The molecule has 0 unspecified atom stereocenters. The number of thioether (sulfide) groups is 1. The van der Waals surface area contributed by atoms with Crippen LogP contribution in [-0.4, -0.2) is 37.4 Å². The van der Waals surface area contributed by atoms with Gasteiger partial charge in [0.15, 0.2) is 0 Å². The van der Waals surface area contributed by atoms with Crippen LogP contribution in [0.5, 0.6) is 0 Å². The van der Waals surface area contributed by atoms with Crippen LogP contribution in [0.2, 0.25) is 0 Å². The van der Waals surface area contributed by atoms with E-state index in [0.717, 1.165) is 4.35 Å². The molecule has 1 aromatic carbocycles. The zero-order valence-electron chi connectivity index (χ0n) is 9.81. The molecule has 0 saturated carbocycles. The Hall–Kier alpha value is -1.40. The molecule has 105 valence electrons. The number of aromatic amines is 1. The Bertz CT molecular complexity index is 612. The third-order valence-electron chi connectivity index (χ3n) is 2.20. The van der Waals surface area contributed by atoms with Crippen molar-refractivity contribution in [2.75, 3.05) is 0 Å². The van der Waals surface area contributed by atoms with Crippen LogP contribution in [-0.2, 0) is 0 Å². The zero-order valence-corrected chi connectivity index (χ0v) is 12.5. The van der Waals surface area contributed by atoms with E-state index in [1.807, 2.05) is 0 Å². The molecule has 0 atom stereocenters. The van der Waals surface area contributed by atoms with Gasteiger partial charge in [-0.15, -0.1) is 0 Å². The molecule has 0 spiro atoms. The molecule has 0 aliphatic heterocycles. The Labute approximate surface area is 123 Å². The second-order valence-electron chi connectivity index (χ2n) is 3.65. The number of amides is 1. The van der Waals surface area contributed by atoms with Crippen molar-refractivity contribution in [3.63, 3.8) is 0 Å². The van der Waals surface area contributed by atoms with E-state index in [1.165, 1.54) is 18.3 Å². The van der Waals surface area contributed by atoms with Crippen molar-refractivity contribution in [2.45, 2.75) is 10.4 Å². The van der Waals surface area contributed by atoms with Gasteiger partial charge in [-0.2, -0.15) is 0 Å². The Morgan fingerprint density at radius 1 is 1.30 bits per heavy atom. The number of primary amides is 1. The van der Waals surface area contributed by atoms with E-state index in [2.05, 4.69) is 10.2 Å². The summed E-state index contributed by atoms with van der Waals surface area (Å²) in [6.45, 7) is 0. The molecule has 1 aromatic heterocycles. The Morgan fingerprint density at radius 3 is 2.50 bits per heavy atom. The number of hydrogen-bond donors (Lipinski definition) is 2. The molecule has 0 aliphatic carbocycles. The van der Waals surface area contributed by atoms with Gasteiger partial charge < -0.3 is 0 Å². The number of nitrogens with zero attached hydrogens (tertiary/aromatic N) is 1. The quantitative estimate of drug-likeness (QED) is 0.624. The SMILES string of the molecule is NC(=O)c1cn[nH]c1[As]c1ccc(SC(F)(F)F)cc1. The predicted molar refractivity (Wildman–Crippen MR) is 70.5 cm³/mol. The number of benzene rings is 1. The molecule has 20 heavy (non-hydrogen) atoms. The number of hydrogen-bond acceptors (Lipinski definition) is 3. The molecule has 1 amide bonds. The van der Waals surface area contributed by atoms with Gasteiger partial charge >= 0.3 is 123 Å². The fourth-order valence-electron chi connectivity index (χ4n) is 1.40. The number of nitrogens with one attached hydrogen (secondary N) is 1. The van der Waals surface area contributed by atoms with Crippen molar-refractivity contribution < 1.29 is 18.0 Å². The summed E-state index contributed by atoms with van der Waals surface area (Å²) in [5.41, 5.74) is 1.22. The minimum atomic E-state index is -4.29. The standard InChI is InChI=1S/C11H8AsF3N3OS/c13-11(14,15)20-7-3-1-6(2-4-7)12-9-8(10(16)19)5-17-18-9/h1-5H,(H2,16,19)(H,17,18). The molecule has 4 nitrogen and oxygen atoms in total. The van der Waals surface area contributed by atoms with Crippen molar-refractivity contribution in [3.05, 3.63) is 36.0 Å². The first-order valence-corrected chi connectivity index (χ1v) is 7.95. The van der Waals surface area contributed by atoms with Crippen LogP contribution in [0.1, 0.15) is 10.4 Å². The average molecular weight is 362 g/mol. The molecule has 1 radical (unpaired) electrons. The second kappa shape index (κ2) is 5.93. The average Bonchev–Trinajstić information content (AvgIpc) is 2.78. The van der Waals surface area contributed by atoms with Gasteiger partial charge in [0.1, 0.15) is 0 Å². The van der Waals surface area contributed by atoms with E-state index in [4.69, 9.17) is 5.73 Å². The molecular formula is C11H8AsF3N3OS. The maximum atomic E-state index is 12.2. The number of nitrogens with two attached hydrogens (primary N) is 1. The maximum absolute atomic E-state index is 12.2. The van der Waals surface area contributed by atoms with E-state index >= 15 is 0 Å². The molecule has 0 bridgehead atoms. The summed E-state index contributed by atoms with van der Waals surface area (Å²) in [7, 11) is 0. The van der Waals surface area contributed by atoms with Crippen molar-refractivity contribution >= 4 is 42.3 Å². The van der Waals surface area contributed by atoms with E-state index in [-0.39, 0.29) is 16.7 Å². The normalized spacial score (nSPS) is 12.2. The number of carbonyl (C=O) groups is 1. The summed E-state index contributed by atoms with van der Waals surface area (Å²) in [6.07, 6.45) is 1.35. The third-order valence-corrected chi connectivity index (χ3v) is 5.29. The van der Waals surface area contributed by atoms with Crippen molar-refractivity contribution in [1.82, 2.24) is 10.2 Å². The second-order valence-corrected chi connectivity index (χ2v) is 7.28. The number of halogens is 3. The summed E-state index contributed by atoms with van der Waals surface area (Å²) < 4.78 is 38.1. The minimum absolute atomic E-state index is 0.127.